The van der Waals surface area contributed by atoms with Gasteiger partial charge in [0.25, 0.3) is 0 Å². The zero-order chi connectivity index (χ0) is 14.8. The van der Waals surface area contributed by atoms with Gasteiger partial charge < -0.3 is 9.84 Å². The van der Waals surface area contributed by atoms with Gasteiger partial charge >= 0.3 is 0 Å². The monoisotopic (exact) mass is 286 g/mol. The van der Waals surface area contributed by atoms with Crippen molar-refractivity contribution in [1.82, 2.24) is 20.4 Å². The lowest BCUT2D eigenvalue weighted by atomic mass is 9.86. The highest BCUT2D eigenvalue weighted by atomic mass is 16.5. The fraction of sp³-hybridized carbons (Fsp3) is 0.562. The van der Waals surface area contributed by atoms with Crippen LogP contribution in [0.5, 0.6) is 0 Å². The maximum absolute atomic E-state index is 5.51. The van der Waals surface area contributed by atoms with E-state index in [4.69, 9.17) is 4.52 Å². The third-order valence-corrected chi connectivity index (χ3v) is 4.27. The van der Waals surface area contributed by atoms with Crippen LogP contribution in [0.3, 0.4) is 0 Å². The molecule has 2 aromatic heterocycles. The second-order valence-electron chi connectivity index (χ2n) is 5.93. The molecule has 2 aromatic rings. The van der Waals surface area contributed by atoms with Crippen molar-refractivity contribution in [3.05, 3.63) is 29.4 Å². The van der Waals surface area contributed by atoms with Crippen molar-refractivity contribution >= 4 is 0 Å². The first-order valence-electron chi connectivity index (χ1n) is 7.62. The minimum absolute atomic E-state index is 0.403. The van der Waals surface area contributed by atoms with Crippen LogP contribution in [0.4, 0.5) is 0 Å². The van der Waals surface area contributed by atoms with Crippen LogP contribution in [0.15, 0.2) is 16.7 Å². The quantitative estimate of drug-likeness (QED) is 0.939. The summed E-state index contributed by atoms with van der Waals surface area (Å²) in [4.78, 5) is 8.99. The molecule has 0 bridgehead atoms. The molecule has 1 fully saturated rings. The minimum atomic E-state index is 0.403. The molecule has 5 heteroatoms. The Bertz CT molecular complexity index is 594. The van der Waals surface area contributed by atoms with Crippen LogP contribution < -0.4 is 5.32 Å². The number of hydrogen-bond donors (Lipinski definition) is 1. The largest absolute Gasteiger partial charge is 0.339 e. The van der Waals surface area contributed by atoms with Gasteiger partial charge in [-0.2, -0.15) is 4.98 Å². The Hall–Kier alpha value is -1.75. The number of aryl methyl sites for hydroxylation is 2. The van der Waals surface area contributed by atoms with Crippen molar-refractivity contribution in [2.24, 2.45) is 0 Å². The molecule has 0 unspecified atom stereocenters. The lowest BCUT2D eigenvalue weighted by molar-refractivity contribution is 0.289. The molecule has 0 spiro atoms. The van der Waals surface area contributed by atoms with Crippen LogP contribution in [0, 0.1) is 13.8 Å². The Morgan fingerprint density at radius 1 is 1.05 bits per heavy atom. The number of rotatable bonds is 3. The second kappa shape index (κ2) is 5.93. The molecule has 21 heavy (non-hydrogen) atoms. The summed E-state index contributed by atoms with van der Waals surface area (Å²) in [7, 11) is 2.03. The third-order valence-electron chi connectivity index (χ3n) is 4.27. The molecule has 3 rings (SSSR count). The number of nitrogens with one attached hydrogen (secondary N) is 1. The van der Waals surface area contributed by atoms with Gasteiger partial charge in [0.15, 0.2) is 0 Å². The summed E-state index contributed by atoms with van der Waals surface area (Å²) in [6.45, 7) is 3.97. The zero-order valence-electron chi connectivity index (χ0n) is 12.9. The Labute approximate surface area is 125 Å². The van der Waals surface area contributed by atoms with Crippen molar-refractivity contribution in [3.8, 4) is 11.4 Å². The maximum Gasteiger partial charge on any atom is 0.230 e. The molecule has 0 amide bonds. The number of hydrogen-bond acceptors (Lipinski definition) is 5. The molecule has 112 valence electrons. The van der Waals surface area contributed by atoms with Crippen molar-refractivity contribution in [2.45, 2.75) is 51.5 Å². The second-order valence-corrected chi connectivity index (χ2v) is 5.93. The fourth-order valence-corrected chi connectivity index (χ4v) is 3.11. The Morgan fingerprint density at radius 2 is 1.71 bits per heavy atom. The van der Waals surface area contributed by atoms with Crippen molar-refractivity contribution in [1.29, 1.82) is 0 Å². The minimum Gasteiger partial charge on any atom is -0.339 e. The molecule has 1 saturated carbocycles. The van der Waals surface area contributed by atoms with Crippen LogP contribution >= 0.6 is 0 Å². The summed E-state index contributed by atoms with van der Waals surface area (Å²) in [5.41, 5.74) is 2.94. The maximum atomic E-state index is 5.51. The summed E-state index contributed by atoms with van der Waals surface area (Å²) >= 11 is 0. The topological polar surface area (TPSA) is 63.8 Å². The lowest BCUT2D eigenvalue weighted by Crippen LogP contribution is -2.29. The highest BCUT2D eigenvalue weighted by Crippen LogP contribution is 2.32. The molecule has 1 N–H and O–H groups in total. The van der Waals surface area contributed by atoms with E-state index >= 15 is 0 Å². The van der Waals surface area contributed by atoms with Gasteiger partial charge in [0.1, 0.15) is 0 Å². The standard InChI is InChI=1S/C16H22N4O/c1-10-8-13(9-11(2)18-10)15-19-16(21-20-15)12-4-6-14(17-3)7-5-12/h8-9,12,14,17H,4-7H2,1-3H3. The summed E-state index contributed by atoms with van der Waals surface area (Å²) < 4.78 is 5.51. The lowest BCUT2D eigenvalue weighted by Gasteiger charge is -2.25. The first kappa shape index (κ1) is 14.2. The van der Waals surface area contributed by atoms with E-state index in [-0.39, 0.29) is 0 Å². The molecule has 1 aliphatic rings. The molecule has 0 radical (unpaired) electrons. The van der Waals surface area contributed by atoms with Crippen LogP contribution in [-0.2, 0) is 0 Å². The van der Waals surface area contributed by atoms with Crippen LogP contribution in [0.1, 0.15) is 48.9 Å². The van der Waals surface area contributed by atoms with Gasteiger partial charge in [-0.25, -0.2) is 0 Å². The molecular formula is C16H22N4O. The summed E-state index contributed by atoms with van der Waals surface area (Å²) in [5.74, 6) is 1.86. The van der Waals surface area contributed by atoms with Crippen LogP contribution in [0.25, 0.3) is 11.4 Å². The number of nitrogens with zero attached hydrogens (tertiary/aromatic N) is 3. The number of aromatic nitrogens is 3. The first-order chi connectivity index (χ1) is 10.2. The first-order valence-corrected chi connectivity index (χ1v) is 7.62. The van der Waals surface area contributed by atoms with Crippen molar-refractivity contribution < 1.29 is 4.52 Å². The molecule has 0 saturated heterocycles. The van der Waals surface area contributed by atoms with Gasteiger partial charge in [0.2, 0.25) is 11.7 Å². The van der Waals surface area contributed by atoms with Crippen molar-refractivity contribution in [2.75, 3.05) is 7.05 Å². The predicted octanol–water partition coefficient (Wildman–Crippen LogP) is 2.99. The van der Waals surface area contributed by atoms with Gasteiger partial charge in [-0.3, -0.25) is 4.98 Å². The van der Waals surface area contributed by atoms with E-state index in [1.807, 2.05) is 33.0 Å². The third kappa shape index (κ3) is 3.13. The number of pyridine rings is 1. The zero-order valence-corrected chi connectivity index (χ0v) is 12.9. The van der Waals surface area contributed by atoms with Gasteiger partial charge in [-0.05, 0) is 58.7 Å². The van der Waals surface area contributed by atoms with Gasteiger partial charge in [0, 0.05) is 28.9 Å². The van der Waals surface area contributed by atoms with E-state index in [1.54, 1.807) is 0 Å². The van der Waals surface area contributed by atoms with Crippen LogP contribution in [-0.4, -0.2) is 28.2 Å². The smallest absolute Gasteiger partial charge is 0.230 e. The van der Waals surface area contributed by atoms with Crippen molar-refractivity contribution in [3.63, 3.8) is 0 Å². The van der Waals surface area contributed by atoms with E-state index < -0.39 is 0 Å². The molecule has 5 nitrogen and oxygen atoms in total. The summed E-state index contributed by atoms with van der Waals surface area (Å²) in [6.07, 6.45) is 4.57. The summed E-state index contributed by atoms with van der Waals surface area (Å²) in [5, 5.41) is 7.50. The molecular weight excluding hydrogens is 264 g/mol. The fourth-order valence-electron chi connectivity index (χ4n) is 3.11. The van der Waals surface area contributed by atoms with Crippen LogP contribution in [0.2, 0.25) is 0 Å². The van der Waals surface area contributed by atoms with Gasteiger partial charge in [-0.15, -0.1) is 0 Å². The van der Waals surface area contributed by atoms with E-state index in [0.29, 0.717) is 17.8 Å². The molecule has 0 aromatic carbocycles. The van der Waals surface area contributed by atoms with Gasteiger partial charge in [-0.1, -0.05) is 5.16 Å². The summed E-state index contributed by atoms with van der Waals surface area (Å²) in [6, 6.07) is 4.63. The van der Waals surface area contributed by atoms with E-state index in [9.17, 15) is 0 Å². The normalized spacial score (nSPS) is 22.4. The molecule has 0 aliphatic heterocycles. The van der Waals surface area contributed by atoms with E-state index in [1.165, 1.54) is 12.8 Å². The van der Waals surface area contributed by atoms with E-state index in [2.05, 4.69) is 20.4 Å². The van der Waals surface area contributed by atoms with Gasteiger partial charge in [0.05, 0.1) is 0 Å². The highest BCUT2D eigenvalue weighted by Gasteiger charge is 2.25. The average molecular weight is 286 g/mol. The predicted molar refractivity (Wildman–Crippen MR) is 81.1 cm³/mol. The Balaban J connectivity index is 1.77. The molecule has 1 aliphatic carbocycles. The Kier molecular flexibility index (Phi) is 4.01. The molecule has 2 heterocycles. The highest BCUT2D eigenvalue weighted by molar-refractivity contribution is 5.55. The SMILES string of the molecule is CNC1CCC(c2nc(-c3cc(C)nc(C)c3)no2)CC1. The average Bonchev–Trinajstić information content (AvgIpc) is 2.96. The van der Waals surface area contributed by atoms with E-state index in [0.717, 1.165) is 35.7 Å². The Morgan fingerprint density at radius 3 is 2.33 bits per heavy atom. The molecule has 0 atom stereocenters.